The number of hydrogen-bond donors (Lipinski definition) is 3. The molecule has 0 aliphatic rings. The number of carbonyl (C=O) groups excluding carboxylic acids is 1. The van der Waals surface area contributed by atoms with Gasteiger partial charge in [0, 0.05) is 32.7 Å². The number of guanidine groups is 1. The van der Waals surface area contributed by atoms with E-state index in [-0.39, 0.29) is 5.91 Å². The van der Waals surface area contributed by atoms with Gasteiger partial charge < -0.3 is 25.4 Å². The van der Waals surface area contributed by atoms with Gasteiger partial charge in [0.2, 0.25) is 0 Å². The Morgan fingerprint density at radius 1 is 1.00 bits per heavy atom. The summed E-state index contributed by atoms with van der Waals surface area (Å²) in [5, 5.41) is 9.25. The van der Waals surface area contributed by atoms with E-state index in [9.17, 15) is 4.79 Å². The van der Waals surface area contributed by atoms with Crippen molar-refractivity contribution in [1.29, 1.82) is 0 Å². The quantitative estimate of drug-likeness (QED) is 0.445. The van der Waals surface area contributed by atoms with Crippen molar-refractivity contribution in [2.45, 2.75) is 12.8 Å². The molecule has 0 saturated heterocycles. The van der Waals surface area contributed by atoms with Crippen LogP contribution in [0.2, 0.25) is 0 Å². The Labute approximate surface area is 172 Å². The maximum atomic E-state index is 11.7. The molecule has 0 saturated carbocycles. The van der Waals surface area contributed by atoms with Crippen LogP contribution in [0.5, 0.6) is 11.5 Å². The number of nitrogens with zero attached hydrogens (tertiary/aromatic N) is 1. The summed E-state index contributed by atoms with van der Waals surface area (Å²) in [5.41, 5.74) is 2.83. The van der Waals surface area contributed by atoms with Crippen LogP contribution >= 0.6 is 0 Å². The van der Waals surface area contributed by atoms with Gasteiger partial charge in [0.25, 0.3) is 5.91 Å². The maximum absolute atomic E-state index is 11.7. The molecule has 0 unspecified atom stereocenters. The zero-order valence-electron chi connectivity index (χ0n) is 17.5. The standard InChI is InChI=1S/C22H30N4O3/c1-23-21(27)18-7-5-6-16(14-18)10-12-25-22(24-2)26-13-11-17-15-19(28-3)8-9-20(17)29-4/h5-9,14-15H,10-13H2,1-4H3,(H,23,27)(H2,24,25,26). The van der Waals surface area contributed by atoms with Crippen molar-refractivity contribution in [3.05, 3.63) is 59.2 Å². The molecule has 156 valence electrons. The van der Waals surface area contributed by atoms with E-state index in [0.29, 0.717) is 18.7 Å². The van der Waals surface area contributed by atoms with Crippen LogP contribution in [0.1, 0.15) is 21.5 Å². The fourth-order valence-electron chi connectivity index (χ4n) is 2.95. The third-order valence-corrected chi connectivity index (χ3v) is 4.52. The number of nitrogens with one attached hydrogen (secondary N) is 3. The van der Waals surface area contributed by atoms with Gasteiger partial charge in [0.15, 0.2) is 5.96 Å². The Morgan fingerprint density at radius 3 is 2.41 bits per heavy atom. The van der Waals surface area contributed by atoms with Gasteiger partial charge in [-0.25, -0.2) is 0 Å². The van der Waals surface area contributed by atoms with Gasteiger partial charge in [-0.2, -0.15) is 0 Å². The summed E-state index contributed by atoms with van der Waals surface area (Å²) >= 11 is 0. The molecular weight excluding hydrogens is 368 g/mol. The third kappa shape index (κ3) is 6.71. The summed E-state index contributed by atoms with van der Waals surface area (Å²) in [6, 6.07) is 13.4. The average Bonchev–Trinajstić information content (AvgIpc) is 2.77. The van der Waals surface area contributed by atoms with E-state index in [0.717, 1.165) is 41.4 Å². The zero-order chi connectivity index (χ0) is 21.1. The van der Waals surface area contributed by atoms with Crippen molar-refractivity contribution in [3.63, 3.8) is 0 Å². The van der Waals surface area contributed by atoms with Crippen LogP contribution in [0.4, 0.5) is 0 Å². The monoisotopic (exact) mass is 398 g/mol. The Hall–Kier alpha value is -3.22. The largest absolute Gasteiger partial charge is 0.497 e. The molecule has 0 heterocycles. The Balaban J connectivity index is 1.82. The summed E-state index contributed by atoms with van der Waals surface area (Å²) in [5.74, 6) is 2.30. The van der Waals surface area contributed by atoms with Crippen molar-refractivity contribution in [1.82, 2.24) is 16.0 Å². The topological polar surface area (TPSA) is 84.0 Å². The molecule has 0 bridgehead atoms. The molecule has 0 spiro atoms. The van der Waals surface area contributed by atoms with Crippen molar-refractivity contribution in [2.24, 2.45) is 4.99 Å². The molecule has 0 aliphatic heterocycles. The fraction of sp³-hybridized carbons (Fsp3) is 0.364. The first-order valence-electron chi connectivity index (χ1n) is 9.57. The Morgan fingerprint density at radius 2 is 1.76 bits per heavy atom. The molecule has 0 fully saturated rings. The van der Waals surface area contributed by atoms with Crippen molar-refractivity contribution >= 4 is 11.9 Å². The van der Waals surface area contributed by atoms with E-state index in [1.165, 1.54) is 0 Å². The molecule has 7 nitrogen and oxygen atoms in total. The van der Waals surface area contributed by atoms with Crippen LogP contribution in [0.3, 0.4) is 0 Å². The number of amides is 1. The number of hydrogen-bond acceptors (Lipinski definition) is 4. The molecule has 3 N–H and O–H groups in total. The van der Waals surface area contributed by atoms with E-state index >= 15 is 0 Å². The molecule has 2 aromatic carbocycles. The highest BCUT2D eigenvalue weighted by Gasteiger charge is 2.06. The predicted octanol–water partition coefficient (Wildman–Crippen LogP) is 2.01. The van der Waals surface area contributed by atoms with Gasteiger partial charge in [-0.15, -0.1) is 0 Å². The maximum Gasteiger partial charge on any atom is 0.251 e. The molecule has 2 aromatic rings. The highest BCUT2D eigenvalue weighted by Crippen LogP contribution is 2.24. The number of rotatable bonds is 9. The van der Waals surface area contributed by atoms with Gasteiger partial charge in [0.05, 0.1) is 14.2 Å². The highest BCUT2D eigenvalue weighted by molar-refractivity contribution is 5.94. The first-order chi connectivity index (χ1) is 14.1. The van der Waals surface area contributed by atoms with E-state index in [1.54, 1.807) is 28.3 Å². The lowest BCUT2D eigenvalue weighted by Gasteiger charge is -2.14. The average molecular weight is 399 g/mol. The van der Waals surface area contributed by atoms with Gasteiger partial charge in [0.1, 0.15) is 11.5 Å². The van der Waals surface area contributed by atoms with Crippen LogP contribution < -0.4 is 25.4 Å². The summed E-state index contributed by atoms with van der Waals surface area (Å²) in [7, 11) is 6.69. The second kappa shape index (κ2) is 11.6. The van der Waals surface area contributed by atoms with Gasteiger partial charge in [-0.05, 0) is 54.3 Å². The molecule has 0 radical (unpaired) electrons. The van der Waals surface area contributed by atoms with Crippen molar-refractivity contribution in [2.75, 3.05) is 41.4 Å². The third-order valence-electron chi connectivity index (χ3n) is 4.52. The Kier molecular flexibility index (Phi) is 8.82. The van der Waals surface area contributed by atoms with Crippen LogP contribution in [-0.4, -0.2) is 53.3 Å². The number of aliphatic imine (C=N–C) groups is 1. The predicted molar refractivity (Wildman–Crippen MR) is 116 cm³/mol. The summed E-state index contributed by atoms with van der Waals surface area (Å²) in [6.07, 6.45) is 1.56. The number of carbonyl (C=O) groups is 1. The second-order valence-electron chi connectivity index (χ2n) is 6.38. The van der Waals surface area contributed by atoms with Crippen LogP contribution in [-0.2, 0) is 12.8 Å². The number of ether oxygens (including phenoxy) is 2. The molecule has 7 heteroatoms. The SMILES string of the molecule is CN=C(NCCc1cccc(C(=O)NC)c1)NCCc1cc(OC)ccc1OC. The molecule has 1 amide bonds. The summed E-state index contributed by atoms with van der Waals surface area (Å²) in [4.78, 5) is 16.0. The molecule has 0 aliphatic carbocycles. The minimum atomic E-state index is -0.0785. The van der Waals surface area contributed by atoms with E-state index < -0.39 is 0 Å². The summed E-state index contributed by atoms with van der Waals surface area (Å²) in [6.45, 7) is 1.41. The lowest BCUT2D eigenvalue weighted by molar-refractivity contribution is 0.0963. The van der Waals surface area contributed by atoms with Crippen molar-refractivity contribution < 1.29 is 14.3 Å². The molecule has 2 rings (SSSR count). The van der Waals surface area contributed by atoms with Gasteiger partial charge in [-0.1, -0.05) is 12.1 Å². The summed E-state index contributed by atoms with van der Waals surface area (Å²) < 4.78 is 10.7. The number of benzene rings is 2. The first-order valence-corrected chi connectivity index (χ1v) is 9.57. The van der Waals surface area contributed by atoms with E-state index in [2.05, 4.69) is 20.9 Å². The lowest BCUT2D eigenvalue weighted by atomic mass is 10.1. The van der Waals surface area contributed by atoms with E-state index in [1.807, 2.05) is 42.5 Å². The Bertz CT molecular complexity index is 837. The lowest BCUT2D eigenvalue weighted by Crippen LogP contribution is -2.39. The second-order valence-corrected chi connectivity index (χ2v) is 6.38. The van der Waals surface area contributed by atoms with Gasteiger partial charge in [-0.3, -0.25) is 9.79 Å². The number of methoxy groups -OCH3 is 2. The van der Waals surface area contributed by atoms with E-state index in [4.69, 9.17) is 9.47 Å². The molecule has 29 heavy (non-hydrogen) atoms. The van der Waals surface area contributed by atoms with Gasteiger partial charge >= 0.3 is 0 Å². The van der Waals surface area contributed by atoms with Crippen LogP contribution in [0.15, 0.2) is 47.5 Å². The van der Waals surface area contributed by atoms with Crippen molar-refractivity contribution in [3.8, 4) is 11.5 Å². The zero-order valence-corrected chi connectivity index (χ0v) is 17.5. The van der Waals surface area contributed by atoms with Crippen LogP contribution in [0, 0.1) is 0 Å². The molecule has 0 atom stereocenters. The minimum absolute atomic E-state index is 0.0785. The smallest absolute Gasteiger partial charge is 0.251 e. The molecular formula is C22H30N4O3. The molecule has 0 aromatic heterocycles. The fourth-order valence-corrected chi connectivity index (χ4v) is 2.95. The highest BCUT2D eigenvalue weighted by atomic mass is 16.5. The first kappa shape index (κ1) is 22.1. The minimum Gasteiger partial charge on any atom is -0.497 e. The van der Waals surface area contributed by atoms with Crippen LogP contribution in [0.25, 0.3) is 0 Å². The normalized spacial score (nSPS) is 11.0.